The highest BCUT2D eigenvalue weighted by Gasteiger charge is 2.20. The summed E-state index contributed by atoms with van der Waals surface area (Å²) in [6, 6.07) is 0. The van der Waals surface area contributed by atoms with Gasteiger partial charge in [0.15, 0.2) is 6.11 Å². The van der Waals surface area contributed by atoms with E-state index < -0.39 is 0 Å². The first-order valence-corrected chi connectivity index (χ1v) is 4.48. The first-order chi connectivity index (χ1) is 6.68. The molecule has 2 N–H and O–H groups in total. The predicted octanol–water partition coefficient (Wildman–Crippen LogP) is -1.04. The molecular formula is C9H18NO4+. The summed E-state index contributed by atoms with van der Waals surface area (Å²) in [4.78, 5) is 8.93. The molecule has 0 heterocycles. The number of quaternary nitrogens is 1. The minimum absolute atomic E-state index is 0.0759. The third-order valence-corrected chi connectivity index (χ3v) is 2.10. The topological polar surface area (TPSA) is 58.9 Å². The lowest BCUT2D eigenvalue weighted by Gasteiger charge is -2.32. The average molecular weight is 204 g/mol. The Morgan fingerprint density at radius 2 is 1.79 bits per heavy atom. The van der Waals surface area contributed by atoms with Gasteiger partial charge in [-0.25, -0.2) is 0 Å². The van der Waals surface area contributed by atoms with Gasteiger partial charge in [0.05, 0.1) is 20.3 Å². The van der Waals surface area contributed by atoms with Gasteiger partial charge in [-0.3, -0.25) is 4.89 Å². The number of nitrogens with zero attached hydrogens (tertiary/aromatic N) is 1. The molecule has 0 bridgehead atoms. The van der Waals surface area contributed by atoms with Gasteiger partial charge in [-0.05, 0) is 0 Å². The lowest BCUT2D eigenvalue weighted by Crippen LogP contribution is -2.50. The lowest BCUT2D eigenvalue weighted by molar-refractivity contribution is -0.911. The van der Waals surface area contributed by atoms with Gasteiger partial charge in [-0.1, -0.05) is 6.42 Å². The second kappa shape index (κ2) is 7.59. The second-order valence-corrected chi connectivity index (χ2v) is 3.26. The largest absolute Gasteiger partial charge is 0.391 e. The average Bonchev–Trinajstić information content (AvgIpc) is 2.13. The highest BCUT2D eigenvalue weighted by Crippen LogP contribution is 2.00. The Morgan fingerprint density at radius 3 is 2.21 bits per heavy atom. The Morgan fingerprint density at radius 1 is 1.21 bits per heavy atom. The van der Waals surface area contributed by atoms with Crippen molar-refractivity contribution in [1.82, 2.24) is 0 Å². The van der Waals surface area contributed by atoms with Crippen molar-refractivity contribution in [2.45, 2.75) is 0 Å². The fraction of sp³-hybridized carbons (Fsp3) is 0.778. The van der Waals surface area contributed by atoms with Crippen LogP contribution in [0.25, 0.3) is 0 Å². The molecule has 0 atom stereocenters. The number of hydrogen-bond acceptors (Lipinski definition) is 4. The summed E-state index contributed by atoms with van der Waals surface area (Å²) in [7, 11) is 1.92. The lowest BCUT2D eigenvalue weighted by atomic mass is 10.4. The molecule has 14 heavy (non-hydrogen) atoms. The molecule has 0 saturated heterocycles. The molecule has 0 fully saturated rings. The van der Waals surface area contributed by atoms with Crippen molar-refractivity contribution in [3.8, 4) is 12.5 Å². The van der Waals surface area contributed by atoms with Gasteiger partial charge < -0.3 is 14.7 Å². The number of likely N-dealkylation sites (N-methyl/N-ethyl adjacent to an activating group) is 1. The van der Waals surface area contributed by atoms with Gasteiger partial charge >= 0.3 is 0 Å². The van der Waals surface area contributed by atoms with E-state index in [9.17, 15) is 0 Å². The van der Waals surface area contributed by atoms with Crippen molar-refractivity contribution in [3.63, 3.8) is 0 Å². The fourth-order valence-corrected chi connectivity index (χ4v) is 1.15. The highest BCUT2D eigenvalue weighted by atomic mass is 17.2. The van der Waals surface area contributed by atoms with Crippen molar-refractivity contribution in [3.05, 3.63) is 0 Å². The third-order valence-electron chi connectivity index (χ3n) is 2.10. The monoisotopic (exact) mass is 204 g/mol. The molecule has 5 nitrogen and oxygen atoms in total. The molecule has 0 aliphatic carbocycles. The summed E-state index contributed by atoms with van der Waals surface area (Å²) in [5.41, 5.74) is 0. The van der Waals surface area contributed by atoms with Crippen LogP contribution in [0.4, 0.5) is 0 Å². The summed E-state index contributed by atoms with van der Waals surface area (Å²) in [6.07, 6.45) is 6.70. The van der Waals surface area contributed by atoms with E-state index in [2.05, 4.69) is 9.78 Å². The highest BCUT2D eigenvalue weighted by molar-refractivity contribution is 4.64. The predicted molar refractivity (Wildman–Crippen MR) is 50.8 cm³/mol. The maximum atomic E-state index is 8.83. The number of aliphatic hydroxyl groups is 2. The molecule has 0 aromatic carbocycles. The van der Waals surface area contributed by atoms with E-state index >= 15 is 0 Å². The van der Waals surface area contributed by atoms with Crippen LogP contribution >= 0.6 is 0 Å². The minimum Gasteiger partial charge on any atom is -0.391 e. The van der Waals surface area contributed by atoms with E-state index in [1.54, 1.807) is 0 Å². The van der Waals surface area contributed by atoms with E-state index in [1.165, 1.54) is 0 Å². The summed E-state index contributed by atoms with van der Waals surface area (Å²) in [5.74, 6) is 0. The molecule has 0 amide bonds. The van der Waals surface area contributed by atoms with Gasteiger partial charge in [0.2, 0.25) is 0 Å². The molecule has 0 radical (unpaired) electrons. The standard InChI is InChI=1S/C9H18NO4/c1-3-13-14-9-6-10(2,4-7-11)5-8-12/h1,11-12H,4-9H2,2H3/q+1. The van der Waals surface area contributed by atoms with Crippen LogP contribution in [0.1, 0.15) is 0 Å². The van der Waals surface area contributed by atoms with Crippen LogP contribution in [0, 0.1) is 12.5 Å². The van der Waals surface area contributed by atoms with Crippen LogP contribution in [0.2, 0.25) is 0 Å². The van der Waals surface area contributed by atoms with Crippen LogP contribution in [0.15, 0.2) is 0 Å². The first kappa shape index (κ1) is 13.2. The van der Waals surface area contributed by atoms with Crippen molar-refractivity contribution in [2.75, 3.05) is 46.5 Å². The quantitative estimate of drug-likeness (QED) is 0.174. The number of hydrogen-bond donors (Lipinski definition) is 2. The van der Waals surface area contributed by atoms with E-state index in [4.69, 9.17) is 16.6 Å². The van der Waals surface area contributed by atoms with Crippen LogP contribution in [-0.4, -0.2) is 61.2 Å². The van der Waals surface area contributed by atoms with Crippen LogP contribution in [-0.2, 0) is 9.78 Å². The van der Waals surface area contributed by atoms with Crippen LogP contribution < -0.4 is 0 Å². The summed E-state index contributed by atoms with van der Waals surface area (Å²) < 4.78 is 0.529. The molecular weight excluding hydrogens is 186 g/mol. The Kier molecular flexibility index (Phi) is 7.16. The maximum absolute atomic E-state index is 8.83. The zero-order valence-electron chi connectivity index (χ0n) is 8.48. The Balaban J connectivity index is 3.78. The Bertz CT molecular complexity index is 172. The van der Waals surface area contributed by atoms with E-state index in [1.807, 2.05) is 13.2 Å². The van der Waals surface area contributed by atoms with Gasteiger partial charge in [0.25, 0.3) is 0 Å². The van der Waals surface area contributed by atoms with Crippen LogP contribution in [0.3, 0.4) is 0 Å². The smallest absolute Gasteiger partial charge is 0.153 e. The van der Waals surface area contributed by atoms with Crippen molar-refractivity contribution in [1.29, 1.82) is 0 Å². The maximum Gasteiger partial charge on any atom is 0.153 e. The van der Waals surface area contributed by atoms with E-state index in [0.29, 0.717) is 30.7 Å². The number of terminal acetylenes is 1. The van der Waals surface area contributed by atoms with E-state index in [-0.39, 0.29) is 13.2 Å². The molecule has 0 spiro atoms. The van der Waals surface area contributed by atoms with E-state index in [0.717, 1.165) is 0 Å². The second-order valence-electron chi connectivity index (χ2n) is 3.26. The zero-order valence-corrected chi connectivity index (χ0v) is 8.48. The number of rotatable bonds is 8. The number of aliphatic hydroxyl groups excluding tert-OH is 2. The van der Waals surface area contributed by atoms with Crippen LogP contribution in [0.5, 0.6) is 0 Å². The van der Waals surface area contributed by atoms with Gasteiger partial charge in [0, 0.05) is 0 Å². The molecule has 0 unspecified atom stereocenters. The van der Waals surface area contributed by atoms with Crippen molar-refractivity contribution in [2.24, 2.45) is 0 Å². The summed E-state index contributed by atoms with van der Waals surface area (Å²) >= 11 is 0. The minimum atomic E-state index is 0.0759. The molecule has 5 heteroatoms. The van der Waals surface area contributed by atoms with Gasteiger partial charge in [0.1, 0.15) is 26.2 Å². The van der Waals surface area contributed by atoms with Gasteiger partial charge in [-0.2, -0.15) is 4.89 Å². The first-order valence-electron chi connectivity index (χ1n) is 4.48. The SMILES string of the molecule is C#COOCC[N+](C)(CCO)CCO. The normalized spacial score (nSPS) is 11.0. The molecule has 0 rings (SSSR count). The fourth-order valence-electron chi connectivity index (χ4n) is 1.15. The molecule has 0 aliphatic heterocycles. The molecule has 0 aliphatic rings. The molecule has 82 valence electrons. The molecule has 0 aromatic heterocycles. The summed E-state index contributed by atoms with van der Waals surface area (Å²) in [6.45, 7) is 2.25. The summed E-state index contributed by atoms with van der Waals surface area (Å²) in [5, 5.41) is 17.7. The van der Waals surface area contributed by atoms with Crippen molar-refractivity contribution < 1.29 is 24.5 Å². The third kappa shape index (κ3) is 5.78. The van der Waals surface area contributed by atoms with Gasteiger partial charge in [-0.15, -0.1) is 0 Å². The van der Waals surface area contributed by atoms with Crippen molar-refractivity contribution >= 4 is 0 Å². The molecule has 0 saturated carbocycles. The zero-order chi connectivity index (χ0) is 10.9. The molecule has 0 aromatic rings. The Hall–Kier alpha value is -0.800. The Labute approximate surface area is 84.4 Å².